The van der Waals surface area contributed by atoms with Gasteiger partial charge in [0.05, 0.1) is 7.11 Å². The second kappa shape index (κ2) is 9.04. The molecule has 0 aromatic heterocycles. The number of nitrogens with one attached hydrogen (secondary N) is 1. The van der Waals surface area contributed by atoms with Crippen molar-refractivity contribution in [3.05, 3.63) is 64.7 Å². The fourth-order valence-electron chi connectivity index (χ4n) is 2.68. The van der Waals surface area contributed by atoms with Gasteiger partial charge in [0, 0.05) is 37.7 Å². The van der Waals surface area contributed by atoms with Crippen molar-refractivity contribution >= 4 is 11.8 Å². The summed E-state index contributed by atoms with van der Waals surface area (Å²) in [5, 5.41) is 2.88. The van der Waals surface area contributed by atoms with Crippen LogP contribution in [-0.2, 0) is 11.3 Å². The lowest BCUT2D eigenvalue weighted by Gasteiger charge is -2.22. The van der Waals surface area contributed by atoms with E-state index in [0.717, 1.165) is 22.4 Å². The van der Waals surface area contributed by atoms with Gasteiger partial charge in [-0.25, -0.2) is 0 Å². The van der Waals surface area contributed by atoms with E-state index in [1.807, 2.05) is 56.3 Å². The summed E-state index contributed by atoms with van der Waals surface area (Å²) in [6.45, 7) is 6.79. The predicted octanol–water partition coefficient (Wildman–Crippen LogP) is 3.09. The molecule has 0 heterocycles. The minimum Gasteiger partial charge on any atom is -0.496 e. The molecular formula is C21H26N2O3. The number of carbonyl (C=O) groups excluding carboxylic acids is 2. The lowest BCUT2D eigenvalue weighted by Crippen LogP contribution is -2.37. The van der Waals surface area contributed by atoms with Crippen LogP contribution in [0.3, 0.4) is 0 Å². The second-order valence-electron chi connectivity index (χ2n) is 6.31. The number of amides is 2. The molecule has 26 heavy (non-hydrogen) atoms. The molecule has 0 atom stereocenters. The Labute approximate surface area is 155 Å². The van der Waals surface area contributed by atoms with E-state index in [2.05, 4.69) is 5.32 Å². The Kier molecular flexibility index (Phi) is 6.78. The summed E-state index contributed by atoms with van der Waals surface area (Å²) < 4.78 is 5.34. The van der Waals surface area contributed by atoms with E-state index in [0.29, 0.717) is 25.2 Å². The molecule has 0 saturated heterocycles. The number of hydrogen-bond donors (Lipinski definition) is 1. The number of rotatable bonds is 7. The van der Waals surface area contributed by atoms with Crippen LogP contribution in [0.2, 0.25) is 0 Å². The first-order valence-electron chi connectivity index (χ1n) is 8.65. The van der Waals surface area contributed by atoms with E-state index in [1.165, 1.54) is 6.92 Å². The van der Waals surface area contributed by atoms with Gasteiger partial charge in [0.2, 0.25) is 5.91 Å². The smallest absolute Gasteiger partial charge is 0.251 e. The molecule has 0 fully saturated rings. The Hall–Kier alpha value is -2.82. The van der Waals surface area contributed by atoms with Gasteiger partial charge in [0.15, 0.2) is 0 Å². The first-order valence-corrected chi connectivity index (χ1v) is 8.65. The van der Waals surface area contributed by atoms with Crippen molar-refractivity contribution in [3.63, 3.8) is 0 Å². The molecule has 5 heteroatoms. The third-order valence-electron chi connectivity index (χ3n) is 4.44. The van der Waals surface area contributed by atoms with Gasteiger partial charge in [-0.05, 0) is 43.2 Å². The molecule has 0 spiro atoms. The monoisotopic (exact) mass is 354 g/mol. The highest BCUT2D eigenvalue weighted by atomic mass is 16.5. The van der Waals surface area contributed by atoms with Gasteiger partial charge in [0.25, 0.3) is 5.91 Å². The number of hydrogen-bond acceptors (Lipinski definition) is 3. The van der Waals surface area contributed by atoms with Gasteiger partial charge in [0.1, 0.15) is 5.75 Å². The van der Waals surface area contributed by atoms with Gasteiger partial charge in [-0.3, -0.25) is 9.59 Å². The van der Waals surface area contributed by atoms with Gasteiger partial charge < -0.3 is 15.0 Å². The normalized spacial score (nSPS) is 10.3. The summed E-state index contributed by atoms with van der Waals surface area (Å²) in [4.78, 5) is 25.9. The summed E-state index contributed by atoms with van der Waals surface area (Å²) in [5.41, 5.74) is 3.80. The maximum atomic E-state index is 12.3. The first kappa shape index (κ1) is 19.5. The summed E-state index contributed by atoms with van der Waals surface area (Å²) >= 11 is 0. The van der Waals surface area contributed by atoms with Crippen LogP contribution in [-0.4, -0.2) is 36.9 Å². The molecule has 5 nitrogen and oxygen atoms in total. The summed E-state index contributed by atoms with van der Waals surface area (Å²) in [6.07, 6.45) is 0. The van der Waals surface area contributed by atoms with Crippen LogP contribution < -0.4 is 10.1 Å². The topological polar surface area (TPSA) is 58.6 Å². The van der Waals surface area contributed by atoms with Crippen LogP contribution >= 0.6 is 0 Å². The number of benzene rings is 2. The number of aryl methyl sites for hydroxylation is 2. The van der Waals surface area contributed by atoms with Crippen LogP contribution in [0, 0.1) is 13.8 Å². The Bertz CT molecular complexity index is 787. The second-order valence-corrected chi connectivity index (χ2v) is 6.31. The third-order valence-corrected chi connectivity index (χ3v) is 4.44. The molecular weight excluding hydrogens is 328 g/mol. The third kappa shape index (κ3) is 5.09. The van der Waals surface area contributed by atoms with Gasteiger partial charge in [-0.2, -0.15) is 0 Å². The number of carbonyl (C=O) groups is 2. The molecule has 0 aliphatic heterocycles. The van der Waals surface area contributed by atoms with E-state index < -0.39 is 0 Å². The van der Waals surface area contributed by atoms with Gasteiger partial charge in [-0.1, -0.05) is 24.3 Å². The van der Waals surface area contributed by atoms with E-state index >= 15 is 0 Å². The molecule has 0 aliphatic carbocycles. The van der Waals surface area contributed by atoms with Crippen molar-refractivity contribution in [1.29, 1.82) is 0 Å². The van der Waals surface area contributed by atoms with Crippen LogP contribution in [0.5, 0.6) is 5.75 Å². The Balaban J connectivity index is 1.95. The molecule has 0 bridgehead atoms. The molecule has 0 saturated carbocycles. The van der Waals surface area contributed by atoms with Gasteiger partial charge in [-0.15, -0.1) is 0 Å². The highest BCUT2D eigenvalue weighted by molar-refractivity contribution is 5.94. The van der Waals surface area contributed by atoms with Crippen molar-refractivity contribution in [2.75, 3.05) is 20.2 Å². The quantitative estimate of drug-likeness (QED) is 0.831. The van der Waals surface area contributed by atoms with Gasteiger partial charge >= 0.3 is 0 Å². The fraction of sp³-hybridized carbons (Fsp3) is 0.333. The number of methoxy groups -OCH3 is 1. The maximum Gasteiger partial charge on any atom is 0.251 e. The summed E-state index contributed by atoms with van der Waals surface area (Å²) in [5.74, 6) is 0.572. The summed E-state index contributed by atoms with van der Waals surface area (Å²) in [7, 11) is 1.61. The molecule has 0 radical (unpaired) electrons. The zero-order valence-corrected chi connectivity index (χ0v) is 15.8. The maximum absolute atomic E-state index is 12.3. The first-order chi connectivity index (χ1) is 12.4. The molecule has 2 aromatic rings. The fourth-order valence-corrected chi connectivity index (χ4v) is 2.68. The molecule has 1 N–H and O–H groups in total. The molecule has 0 aliphatic rings. The highest BCUT2D eigenvalue weighted by Crippen LogP contribution is 2.19. The Morgan fingerprint density at radius 1 is 1.08 bits per heavy atom. The molecule has 138 valence electrons. The molecule has 2 aromatic carbocycles. The van der Waals surface area contributed by atoms with E-state index in [-0.39, 0.29) is 11.8 Å². The molecule has 0 unspecified atom stereocenters. The Morgan fingerprint density at radius 2 is 1.81 bits per heavy atom. The van der Waals surface area contributed by atoms with Crippen LogP contribution in [0.25, 0.3) is 0 Å². The molecule has 2 amide bonds. The lowest BCUT2D eigenvalue weighted by molar-refractivity contribution is -0.129. The van der Waals surface area contributed by atoms with Crippen molar-refractivity contribution < 1.29 is 14.3 Å². The number of ether oxygens (including phenoxy) is 1. The average Bonchev–Trinajstić information content (AvgIpc) is 2.63. The highest BCUT2D eigenvalue weighted by Gasteiger charge is 2.13. The standard InChI is InChI=1S/C21H26N2O3/c1-15-9-10-18(13-16(15)2)21(25)22-11-12-23(17(3)24)14-19-7-5-6-8-20(19)26-4/h5-10,13H,11-12,14H2,1-4H3,(H,22,25). The largest absolute Gasteiger partial charge is 0.496 e. The average molecular weight is 354 g/mol. The zero-order valence-electron chi connectivity index (χ0n) is 15.8. The van der Waals surface area contributed by atoms with Crippen LogP contribution in [0.1, 0.15) is 34.0 Å². The minimum absolute atomic E-state index is 0.0451. The Morgan fingerprint density at radius 3 is 2.46 bits per heavy atom. The van der Waals surface area contributed by atoms with Crippen LogP contribution in [0.4, 0.5) is 0 Å². The zero-order chi connectivity index (χ0) is 19.1. The SMILES string of the molecule is COc1ccccc1CN(CCNC(=O)c1ccc(C)c(C)c1)C(C)=O. The van der Waals surface area contributed by atoms with E-state index in [1.54, 1.807) is 12.0 Å². The van der Waals surface area contributed by atoms with E-state index in [9.17, 15) is 9.59 Å². The summed E-state index contributed by atoms with van der Waals surface area (Å²) in [6, 6.07) is 13.2. The van der Waals surface area contributed by atoms with E-state index in [4.69, 9.17) is 4.74 Å². The van der Waals surface area contributed by atoms with Crippen molar-refractivity contribution in [2.24, 2.45) is 0 Å². The minimum atomic E-state index is -0.131. The van der Waals surface area contributed by atoms with Crippen molar-refractivity contribution in [2.45, 2.75) is 27.3 Å². The lowest BCUT2D eigenvalue weighted by atomic mass is 10.1. The van der Waals surface area contributed by atoms with Crippen molar-refractivity contribution in [1.82, 2.24) is 10.2 Å². The number of para-hydroxylation sites is 1. The molecule has 2 rings (SSSR count). The van der Waals surface area contributed by atoms with Crippen LogP contribution in [0.15, 0.2) is 42.5 Å². The predicted molar refractivity (Wildman–Crippen MR) is 102 cm³/mol. The van der Waals surface area contributed by atoms with Crippen molar-refractivity contribution in [3.8, 4) is 5.75 Å². The number of nitrogens with zero attached hydrogens (tertiary/aromatic N) is 1.